The summed E-state index contributed by atoms with van der Waals surface area (Å²) in [6, 6.07) is 13.4. The van der Waals surface area contributed by atoms with Gasteiger partial charge in [0.2, 0.25) is 10.0 Å². The van der Waals surface area contributed by atoms with E-state index >= 15 is 0 Å². The first-order valence-electron chi connectivity index (χ1n) is 11.0. The normalized spacial score (nSPS) is 20.5. The lowest BCUT2D eigenvalue weighted by Crippen LogP contribution is -2.47. The maximum absolute atomic E-state index is 14.4. The molecule has 2 aliphatic heterocycles. The number of sulfonamides is 1. The van der Waals surface area contributed by atoms with Crippen molar-refractivity contribution in [2.45, 2.75) is 17.5 Å². The third-order valence-corrected chi connectivity index (χ3v) is 7.65. The van der Waals surface area contributed by atoms with E-state index in [0.717, 1.165) is 25.2 Å². The van der Waals surface area contributed by atoms with Crippen molar-refractivity contribution in [1.29, 1.82) is 0 Å². The SMILES string of the molecule is O=C(NCC1CN(Cc2ccccc2)CCO1)c1cc(S(=O)(=O)N2CCOCC2)ccc1F. The molecule has 1 amide bonds. The smallest absolute Gasteiger partial charge is 0.254 e. The fraction of sp³-hybridized carbons (Fsp3) is 0.435. The minimum absolute atomic E-state index is 0.112. The molecule has 1 unspecified atom stereocenters. The average molecular weight is 478 g/mol. The van der Waals surface area contributed by atoms with Gasteiger partial charge in [0.25, 0.3) is 5.91 Å². The lowest BCUT2D eigenvalue weighted by atomic mass is 10.1. The van der Waals surface area contributed by atoms with Gasteiger partial charge in [-0.3, -0.25) is 9.69 Å². The summed E-state index contributed by atoms with van der Waals surface area (Å²) in [5, 5.41) is 2.69. The number of carbonyl (C=O) groups excluding carboxylic acids is 1. The molecule has 2 aromatic rings. The quantitative estimate of drug-likeness (QED) is 0.650. The van der Waals surface area contributed by atoms with E-state index in [0.29, 0.717) is 26.4 Å². The summed E-state index contributed by atoms with van der Waals surface area (Å²) in [6.07, 6.45) is -0.241. The zero-order chi connectivity index (χ0) is 23.3. The predicted molar refractivity (Wildman–Crippen MR) is 120 cm³/mol. The number of benzene rings is 2. The van der Waals surface area contributed by atoms with Gasteiger partial charge in [-0.25, -0.2) is 12.8 Å². The molecule has 0 saturated carbocycles. The van der Waals surface area contributed by atoms with Gasteiger partial charge in [-0.05, 0) is 23.8 Å². The molecule has 178 valence electrons. The number of hydrogen-bond acceptors (Lipinski definition) is 6. The molecule has 33 heavy (non-hydrogen) atoms. The minimum atomic E-state index is -3.83. The predicted octanol–water partition coefficient (Wildman–Crippen LogP) is 1.48. The number of carbonyl (C=O) groups is 1. The summed E-state index contributed by atoms with van der Waals surface area (Å²) < 4.78 is 52.3. The van der Waals surface area contributed by atoms with E-state index in [-0.39, 0.29) is 36.2 Å². The van der Waals surface area contributed by atoms with Crippen LogP contribution in [0.2, 0.25) is 0 Å². The second-order valence-corrected chi connectivity index (χ2v) is 10.0. The fourth-order valence-corrected chi connectivity index (χ4v) is 5.40. The third kappa shape index (κ3) is 5.96. The number of nitrogens with one attached hydrogen (secondary N) is 1. The van der Waals surface area contributed by atoms with Crippen molar-refractivity contribution in [3.8, 4) is 0 Å². The van der Waals surface area contributed by atoms with Crippen molar-refractivity contribution in [2.75, 3.05) is 52.5 Å². The third-order valence-electron chi connectivity index (χ3n) is 5.75. The Hall–Kier alpha value is -2.37. The van der Waals surface area contributed by atoms with Crippen LogP contribution < -0.4 is 5.32 Å². The van der Waals surface area contributed by atoms with Crippen LogP contribution in [0.15, 0.2) is 53.4 Å². The topological polar surface area (TPSA) is 88.2 Å². The largest absolute Gasteiger partial charge is 0.379 e. The maximum Gasteiger partial charge on any atom is 0.254 e. The summed E-state index contributed by atoms with van der Waals surface area (Å²) in [5.74, 6) is -1.45. The summed E-state index contributed by atoms with van der Waals surface area (Å²) in [7, 11) is -3.83. The molecule has 4 rings (SSSR count). The molecule has 0 radical (unpaired) electrons. The molecular formula is C23H28FN3O5S. The Morgan fingerprint density at radius 3 is 2.58 bits per heavy atom. The van der Waals surface area contributed by atoms with Gasteiger partial charge in [-0.15, -0.1) is 0 Å². The molecule has 0 aromatic heterocycles. The number of amides is 1. The molecule has 2 fully saturated rings. The summed E-state index contributed by atoms with van der Waals surface area (Å²) in [5.41, 5.74) is 0.892. The van der Waals surface area contributed by atoms with E-state index in [2.05, 4.69) is 22.3 Å². The van der Waals surface area contributed by atoms with Gasteiger partial charge in [0.15, 0.2) is 0 Å². The van der Waals surface area contributed by atoms with Crippen LogP contribution in [0, 0.1) is 5.82 Å². The van der Waals surface area contributed by atoms with E-state index in [1.165, 1.54) is 15.9 Å². The molecule has 8 nitrogen and oxygen atoms in total. The zero-order valence-electron chi connectivity index (χ0n) is 18.3. The number of ether oxygens (including phenoxy) is 2. The van der Waals surface area contributed by atoms with E-state index in [9.17, 15) is 17.6 Å². The molecule has 10 heteroatoms. The van der Waals surface area contributed by atoms with Gasteiger partial charge in [0.1, 0.15) is 5.82 Å². The average Bonchev–Trinajstić information content (AvgIpc) is 2.84. The molecule has 0 aliphatic carbocycles. The van der Waals surface area contributed by atoms with Crippen molar-refractivity contribution in [2.24, 2.45) is 0 Å². The van der Waals surface area contributed by atoms with Crippen molar-refractivity contribution in [3.05, 3.63) is 65.5 Å². The first kappa shape index (κ1) is 23.8. The number of rotatable bonds is 7. The molecule has 1 N–H and O–H groups in total. The lowest BCUT2D eigenvalue weighted by Gasteiger charge is -2.33. The van der Waals surface area contributed by atoms with Crippen LogP contribution >= 0.6 is 0 Å². The molecule has 2 saturated heterocycles. The molecule has 0 bridgehead atoms. The van der Waals surface area contributed by atoms with Gasteiger partial charge in [0.05, 0.1) is 36.4 Å². The first-order chi connectivity index (χ1) is 15.9. The van der Waals surface area contributed by atoms with Crippen LogP contribution in [0.4, 0.5) is 4.39 Å². The molecule has 2 aliphatic rings. The Bertz CT molecular complexity index is 1060. The van der Waals surface area contributed by atoms with Crippen LogP contribution in [0.1, 0.15) is 15.9 Å². The molecule has 2 heterocycles. The van der Waals surface area contributed by atoms with Crippen molar-refractivity contribution in [3.63, 3.8) is 0 Å². The fourth-order valence-electron chi connectivity index (χ4n) is 3.97. The highest BCUT2D eigenvalue weighted by Crippen LogP contribution is 2.20. The second-order valence-electron chi connectivity index (χ2n) is 8.08. The van der Waals surface area contributed by atoms with E-state index in [4.69, 9.17) is 9.47 Å². The van der Waals surface area contributed by atoms with Crippen LogP contribution in [0.3, 0.4) is 0 Å². The van der Waals surface area contributed by atoms with E-state index < -0.39 is 21.7 Å². The van der Waals surface area contributed by atoms with Crippen LogP contribution in [-0.2, 0) is 26.0 Å². The van der Waals surface area contributed by atoms with Crippen molar-refractivity contribution < 1.29 is 27.1 Å². The molecule has 0 spiro atoms. The second kappa shape index (κ2) is 10.7. The van der Waals surface area contributed by atoms with Crippen LogP contribution in [-0.4, -0.2) is 82.2 Å². The monoisotopic (exact) mass is 477 g/mol. The van der Waals surface area contributed by atoms with Gasteiger partial charge < -0.3 is 14.8 Å². The Labute approximate surface area is 193 Å². The molecule has 1 atom stereocenters. The summed E-state index contributed by atoms with van der Waals surface area (Å²) >= 11 is 0. The zero-order valence-corrected chi connectivity index (χ0v) is 19.1. The van der Waals surface area contributed by atoms with Gasteiger partial charge in [-0.2, -0.15) is 4.31 Å². The first-order valence-corrected chi connectivity index (χ1v) is 12.4. The van der Waals surface area contributed by atoms with Gasteiger partial charge >= 0.3 is 0 Å². The lowest BCUT2D eigenvalue weighted by molar-refractivity contribution is -0.0292. The van der Waals surface area contributed by atoms with Crippen LogP contribution in [0.25, 0.3) is 0 Å². The number of hydrogen-bond donors (Lipinski definition) is 1. The summed E-state index contributed by atoms with van der Waals surface area (Å²) in [4.78, 5) is 14.8. The standard InChI is InChI=1S/C23H28FN3O5S/c24-22-7-6-20(33(29,30)27-9-11-31-12-10-27)14-21(22)23(28)25-15-19-17-26(8-13-32-19)16-18-4-2-1-3-5-18/h1-7,14,19H,8-13,15-17H2,(H,25,28). The number of halogens is 1. The highest BCUT2D eigenvalue weighted by atomic mass is 32.2. The minimum Gasteiger partial charge on any atom is -0.379 e. The molecule has 2 aromatic carbocycles. The maximum atomic E-state index is 14.4. The van der Waals surface area contributed by atoms with Crippen molar-refractivity contribution >= 4 is 15.9 Å². The van der Waals surface area contributed by atoms with E-state index in [1.807, 2.05) is 18.2 Å². The Balaban J connectivity index is 1.37. The van der Waals surface area contributed by atoms with Crippen molar-refractivity contribution in [1.82, 2.24) is 14.5 Å². The highest BCUT2D eigenvalue weighted by Gasteiger charge is 2.28. The molecular weight excluding hydrogens is 449 g/mol. The van der Waals surface area contributed by atoms with E-state index in [1.54, 1.807) is 0 Å². The number of morpholine rings is 2. The number of nitrogens with zero attached hydrogens (tertiary/aromatic N) is 2. The van der Waals surface area contributed by atoms with Gasteiger partial charge in [-0.1, -0.05) is 30.3 Å². The Morgan fingerprint density at radius 2 is 1.82 bits per heavy atom. The Kier molecular flexibility index (Phi) is 7.71. The Morgan fingerprint density at radius 1 is 1.06 bits per heavy atom. The highest BCUT2D eigenvalue weighted by molar-refractivity contribution is 7.89. The van der Waals surface area contributed by atoms with Gasteiger partial charge in [0, 0.05) is 39.3 Å². The van der Waals surface area contributed by atoms with Crippen LogP contribution in [0.5, 0.6) is 0 Å². The summed E-state index contributed by atoms with van der Waals surface area (Å²) in [6.45, 7) is 3.98.